The van der Waals surface area contributed by atoms with Gasteiger partial charge < -0.3 is 5.32 Å². The van der Waals surface area contributed by atoms with E-state index in [9.17, 15) is 9.59 Å². The first kappa shape index (κ1) is 16.7. The van der Waals surface area contributed by atoms with Crippen molar-refractivity contribution in [2.75, 3.05) is 4.90 Å². The average Bonchev–Trinajstić information content (AvgIpc) is 3.26. The topological polar surface area (TPSA) is 49.4 Å². The van der Waals surface area contributed by atoms with Gasteiger partial charge in [-0.2, -0.15) is 0 Å². The Balaban J connectivity index is 1.93. The molecule has 1 unspecified atom stereocenters. The molecule has 5 heteroatoms. The fraction of sp³-hybridized carbons (Fsp3) is 0.368. The Morgan fingerprint density at radius 1 is 1.12 bits per heavy atom. The number of rotatable bonds is 5. The molecule has 1 atom stereocenters. The molecule has 1 N–H and O–H groups in total. The molecule has 0 aliphatic heterocycles. The molecule has 0 bridgehead atoms. The lowest BCUT2D eigenvalue weighted by Gasteiger charge is -2.30. The Labute approximate surface area is 146 Å². The maximum Gasteiger partial charge on any atom is 0.248 e. The van der Waals surface area contributed by atoms with Gasteiger partial charge in [0.05, 0.1) is 0 Å². The number of carbonyl (C=O) groups is 2. The van der Waals surface area contributed by atoms with Crippen LogP contribution in [-0.2, 0) is 9.59 Å². The smallest absolute Gasteiger partial charge is 0.248 e. The van der Waals surface area contributed by atoms with Crippen LogP contribution in [0.15, 0.2) is 47.8 Å². The molecule has 1 aliphatic carbocycles. The third kappa shape index (κ3) is 3.67. The van der Waals surface area contributed by atoms with Crippen LogP contribution in [0.1, 0.15) is 43.5 Å². The quantitative estimate of drug-likeness (QED) is 0.896. The summed E-state index contributed by atoms with van der Waals surface area (Å²) < 4.78 is 0. The second kappa shape index (κ2) is 7.62. The molecule has 0 radical (unpaired) electrons. The van der Waals surface area contributed by atoms with Crippen LogP contribution >= 0.6 is 11.3 Å². The third-order valence-electron chi connectivity index (χ3n) is 4.39. The number of hydrogen-bond acceptors (Lipinski definition) is 3. The SMILES string of the molecule is CC(=O)N(c1ccccc1)C(C(=O)NC1CCCC1)c1cccs1. The Hall–Kier alpha value is -2.14. The van der Waals surface area contributed by atoms with E-state index in [1.165, 1.54) is 18.3 Å². The van der Waals surface area contributed by atoms with Crippen LogP contribution < -0.4 is 10.2 Å². The lowest BCUT2D eigenvalue weighted by molar-refractivity contribution is -0.126. The molecule has 2 aromatic rings. The van der Waals surface area contributed by atoms with Gasteiger partial charge in [-0.1, -0.05) is 37.1 Å². The molecule has 0 spiro atoms. The van der Waals surface area contributed by atoms with Crippen molar-refractivity contribution in [1.29, 1.82) is 0 Å². The first-order valence-electron chi connectivity index (χ1n) is 8.35. The number of para-hydroxylation sites is 1. The lowest BCUT2D eigenvalue weighted by atomic mass is 10.1. The summed E-state index contributed by atoms with van der Waals surface area (Å²) in [4.78, 5) is 27.9. The Morgan fingerprint density at radius 3 is 2.42 bits per heavy atom. The second-order valence-electron chi connectivity index (χ2n) is 6.13. The zero-order chi connectivity index (χ0) is 16.9. The van der Waals surface area contributed by atoms with Crippen molar-refractivity contribution in [3.8, 4) is 0 Å². The summed E-state index contributed by atoms with van der Waals surface area (Å²) in [5.74, 6) is -0.232. The number of amides is 2. The van der Waals surface area contributed by atoms with Gasteiger partial charge in [-0.05, 0) is 36.4 Å². The fourth-order valence-electron chi connectivity index (χ4n) is 3.27. The molecule has 0 saturated heterocycles. The highest BCUT2D eigenvalue weighted by Crippen LogP contribution is 2.31. The normalized spacial score (nSPS) is 15.9. The van der Waals surface area contributed by atoms with Crippen LogP contribution in [0, 0.1) is 0 Å². The predicted molar refractivity (Wildman–Crippen MR) is 97.1 cm³/mol. The number of nitrogens with one attached hydrogen (secondary N) is 1. The molecule has 3 rings (SSSR count). The molecule has 1 aliphatic rings. The van der Waals surface area contributed by atoms with Crippen molar-refractivity contribution >= 4 is 28.8 Å². The molecule has 1 heterocycles. The zero-order valence-electron chi connectivity index (χ0n) is 13.8. The Bertz CT molecular complexity index is 679. The van der Waals surface area contributed by atoms with Crippen molar-refractivity contribution in [3.05, 3.63) is 52.7 Å². The van der Waals surface area contributed by atoms with E-state index in [1.54, 1.807) is 4.90 Å². The van der Waals surface area contributed by atoms with E-state index in [0.717, 1.165) is 36.2 Å². The minimum Gasteiger partial charge on any atom is -0.351 e. The molecule has 4 nitrogen and oxygen atoms in total. The van der Waals surface area contributed by atoms with Crippen molar-refractivity contribution < 1.29 is 9.59 Å². The highest BCUT2D eigenvalue weighted by atomic mass is 32.1. The van der Waals surface area contributed by atoms with Gasteiger partial charge in [0.15, 0.2) is 0 Å². The van der Waals surface area contributed by atoms with Crippen LogP contribution in [0.25, 0.3) is 0 Å². The van der Waals surface area contributed by atoms with Gasteiger partial charge in [0.2, 0.25) is 11.8 Å². The minimum absolute atomic E-state index is 0.0941. The molecule has 2 amide bonds. The monoisotopic (exact) mass is 342 g/mol. The average molecular weight is 342 g/mol. The van der Waals surface area contributed by atoms with E-state index in [2.05, 4.69) is 5.32 Å². The molecular weight excluding hydrogens is 320 g/mol. The largest absolute Gasteiger partial charge is 0.351 e. The first-order valence-corrected chi connectivity index (χ1v) is 9.23. The van der Waals surface area contributed by atoms with Crippen molar-refractivity contribution in [1.82, 2.24) is 5.32 Å². The summed E-state index contributed by atoms with van der Waals surface area (Å²) in [5, 5.41) is 5.09. The zero-order valence-corrected chi connectivity index (χ0v) is 14.6. The van der Waals surface area contributed by atoms with E-state index >= 15 is 0 Å². The number of nitrogens with zero attached hydrogens (tertiary/aromatic N) is 1. The maximum absolute atomic E-state index is 13.0. The van der Waals surface area contributed by atoms with Gasteiger partial charge in [0.25, 0.3) is 0 Å². The number of hydrogen-bond donors (Lipinski definition) is 1. The van der Waals surface area contributed by atoms with Gasteiger partial charge >= 0.3 is 0 Å². The molecular formula is C19H22N2O2S. The fourth-order valence-corrected chi connectivity index (χ4v) is 4.08. The van der Waals surface area contributed by atoms with Crippen LogP contribution in [0.2, 0.25) is 0 Å². The van der Waals surface area contributed by atoms with E-state index < -0.39 is 6.04 Å². The molecule has 1 aromatic carbocycles. The Morgan fingerprint density at radius 2 is 1.83 bits per heavy atom. The summed E-state index contributed by atoms with van der Waals surface area (Å²) >= 11 is 1.50. The predicted octanol–water partition coefficient (Wildman–Crippen LogP) is 3.90. The van der Waals surface area contributed by atoms with Crippen molar-refractivity contribution in [2.45, 2.75) is 44.7 Å². The third-order valence-corrected chi connectivity index (χ3v) is 5.32. The number of carbonyl (C=O) groups excluding carboxylic acids is 2. The van der Waals surface area contributed by atoms with Gasteiger partial charge in [-0.25, -0.2) is 0 Å². The number of thiophene rings is 1. The summed E-state index contributed by atoms with van der Waals surface area (Å²) in [6, 6.07) is 12.8. The van der Waals surface area contributed by atoms with Crippen molar-refractivity contribution in [2.24, 2.45) is 0 Å². The first-order chi connectivity index (χ1) is 11.7. The summed E-state index contributed by atoms with van der Waals surface area (Å²) in [7, 11) is 0. The van der Waals surface area contributed by atoms with E-state index in [-0.39, 0.29) is 17.9 Å². The minimum atomic E-state index is -0.620. The van der Waals surface area contributed by atoms with Crippen molar-refractivity contribution in [3.63, 3.8) is 0 Å². The second-order valence-corrected chi connectivity index (χ2v) is 7.11. The Kier molecular flexibility index (Phi) is 5.30. The summed E-state index contributed by atoms with van der Waals surface area (Å²) in [6.45, 7) is 1.51. The molecule has 1 aromatic heterocycles. The number of anilines is 1. The lowest BCUT2D eigenvalue weighted by Crippen LogP contribution is -2.45. The van der Waals surface area contributed by atoms with Crippen LogP contribution in [0.4, 0.5) is 5.69 Å². The van der Waals surface area contributed by atoms with Gasteiger partial charge in [0.1, 0.15) is 6.04 Å². The molecule has 1 fully saturated rings. The molecule has 24 heavy (non-hydrogen) atoms. The highest BCUT2D eigenvalue weighted by Gasteiger charge is 2.33. The van der Waals surface area contributed by atoms with Crippen LogP contribution in [0.5, 0.6) is 0 Å². The number of benzene rings is 1. The van der Waals surface area contributed by atoms with E-state index in [1.807, 2.05) is 47.8 Å². The standard InChI is InChI=1S/C19H22N2O2S/c1-14(22)21(16-10-3-2-4-11-16)18(17-12-7-13-24-17)19(23)20-15-8-5-6-9-15/h2-4,7,10-13,15,18H,5-6,8-9H2,1H3,(H,20,23). The summed E-state index contributed by atoms with van der Waals surface area (Å²) in [5.41, 5.74) is 0.741. The maximum atomic E-state index is 13.0. The molecule has 1 saturated carbocycles. The van der Waals surface area contributed by atoms with E-state index in [4.69, 9.17) is 0 Å². The highest BCUT2D eigenvalue weighted by molar-refractivity contribution is 7.10. The summed E-state index contributed by atoms with van der Waals surface area (Å²) in [6.07, 6.45) is 4.36. The van der Waals surface area contributed by atoms with Gasteiger partial charge in [0, 0.05) is 23.5 Å². The van der Waals surface area contributed by atoms with Crippen LogP contribution in [-0.4, -0.2) is 17.9 Å². The van der Waals surface area contributed by atoms with Gasteiger partial charge in [-0.3, -0.25) is 14.5 Å². The van der Waals surface area contributed by atoms with Crippen LogP contribution in [0.3, 0.4) is 0 Å². The van der Waals surface area contributed by atoms with Gasteiger partial charge in [-0.15, -0.1) is 11.3 Å². The van der Waals surface area contributed by atoms with E-state index in [0.29, 0.717) is 0 Å². The molecule has 126 valence electrons.